The van der Waals surface area contributed by atoms with Crippen LogP contribution >= 0.6 is 11.8 Å². The minimum absolute atomic E-state index is 0.157. The van der Waals surface area contributed by atoms with Crippen molar-refractivity contribution in [1.82, 2.24) is 10.3 Å². The molecule has 96 valence electrons. The van der Waals surface area contributed by atoms with Gasteiger partial charge in [0, 0.05) is 23.5 Å². The molecule has 3 heteroatoms. The molecule has 0 aromatic carbocycles. The van der Waals surface area contributed by atoms with Gasteiger partial charge in [0.05, 0.1) is 5.03 Å². The second kappa shape index (κ2) is 6.41. The summed E-state index contributed by atoms with van der Waals surface area (Å²) in [6.45, 7) is 11.8. The Bertz CT molecular complexity index is 327. The standard InChI is InChI=1S/C14H24N2S/c1-6-11(2)17-13-8-7-12(9-15-13)10-16-14(3,4)5/h7-9,11,16H,6,10H2,1-5H3. The molecule has 0 bridgehead atoms. The second-order valence-electron chi connectivity index (χ2n) is 5.44. The molecule has 1 N–H and O–H groups in total. The maximum atomic E-state index is 4.49. The molecular formula is C14H24N2S. The van der Waals surface area contributed by atoms with Crippen LogP contribution in [0.4, 0.5) is 0 Å². The predicted octanol–water partition coefficient (Wildman–Crippen LogP) is 3.86. The number of pyridine rings is 1. The van der Waals surface area contributed by atoms with E-state index in [1.54, 1.807) is 0 Å². The lowest BCUT2D eigenvalue weighted by atomic mass is 10.1. The van der Waals surface area contributed by atoms with Gasteiger partial charge < -0.3 is 5.32 Å². The van der Waals surface area contributed by atoms with Gasteiger partial charge in [-0.1, -0.05) is 19.9 Å². The first-order chi connectivity index (χ1) is 7.90. The van der Waals surface area contributed by atoms with Crippen LogP contribution in [0.2, 0.25) is 0 Å². The molecule has 0 radical (unpaired) electrons. The van der Waals surface area contributed by atoms with Crippen molar-refractivity contribution in [3.05, 3.63) is 23.9 Å². The van der Waals surface area contributed by atoms with E-state index in [1.807, 2.05) is 18.0 Å². The molecule has 17 heavy (non-hydrogen) atoms. The van der Waals surface area contributed by atoms with Gasteiger partial charge in [-0.3, -0.25) is 0 Å². The first kappa shape index (κ1) is 14.5. The SMILES string of the molecule is CCC(C)Sc1ccc(CNC(C)(C)C)cn1. The van der Waals surface area contributed by atoms with Crippen LogP contribution in [0.15, 0.2) is 23.4 Å². The molecule has 0 amide bonds. The third kappa shape index (κ3) is 6.08. The van der Waals surface area contributed by atoms with Gasteiger partial charge in [0.25, 0.3) is 0 Å². The third-order valence-corrected chi connectivity index (χ3v) is 3.74. The molecule has 0 aliphatic heterocycles. The Morgan fingerprint density at radius 3 is 2.53 bits per heavy atom. The van der Waals surface area contributed by atoms with Gasteiger partial charge in [0.15, 0.2) is 0 Å². The Morgan fingerprint density at radius 2 is 2.06 bits per heavy atom. The van der Waals surface area contributed by atoms with Crippen molar-refractivity contribution in [1.29, 1.82) is 0 Å². The maximum absolute atomic E-state index is 4.49. The number of rotatable bonds is 5. The average molecular weight is 252 g/mol. The van der Waals surface area contributed by atoms with Crippen LogP contribution in [0.3, 0.4) is 0 Å². The third-order valence-electron chi connectivity index (χ3n) is 2.52. The van der Waals surface area contributed by atoms with E-state index in [2.05, 4.69) is 57.1 Å². The minimum atomic E-state index is 0.157. The first-order valence-electron chi connectivity index (χ1n) is 6.27. The van der Waals surface area contributed by atoms with Gasteiger partial charge in [-0.15, -0.1) is 11.8 Å². The summed E-state index contributed by atoms with van der Waals surface area (Å²) >= 11 is 1.84. The smallest absolute Gasteiger partial charge is 0.0962 e. The van der Waals surface area contributed by atoms with E-state index in [0.717, 1.165) is 11.6 Å². The minimum Gasteiger partial charge on any atom is -0.308 e. The summed E-state index contributed by atoms with van der Waals surface area (Å²) in [5, 5.41) is 5.23. The molecule has 0 spiro atoms. The molecule has 0 saturated heterocycles. The van der Waals surface area contributed by atoms with Gasteiger partial charge in [0.2, 0.25) is 0 Å². The fourth-order valence-electron chi connectivity index (χ4n) is 1.24. The predicted molar refractivity (Wildman–Crippen MR) is 76.4 cm³/mol. The number of aromatic nitrogens is 1. The van der Waals surface area contributed by atoms with Crippen LogP contribution in [0.1, 0.15) is 46.6 Å². The Labute approximate surface area is 110 Å². The molecule has 0 fully saturated rings. The van der Waals surface area contributed by atoms with E-state index in [9.17, 15) is 0 Å². The molecule has 1 unspecified atom stereocenters. The van der Waals surface area contributed by atoms with E-state index in [0.29, 0.717) is 5.25 Å². The lowest BCUT2D eigenvalue weighted by Crippen LogP contribution is -2.35. The maximum Gasteiger partial charge on any atom is 0.0962 e. The summed E-state index contributed by atoms with van der Waals surface area (Å²) in [4.78, 5) is 4.49. The highest BCUT2D eigenvalue weighted by Crippen LogP contribution is 2.22. The zero-order valence-corrected chi connectivity index (χ0v) is 12.4. The van der Waals surface area contributed by atoms with Gasteiger partial charge in [-0.2, -0.15) is 0 Å². The van der Waals surface area contributed by atoms with Crippen molar-refractivity contribution in [2.75, 3.05) is 0 Å². The lowest BCUT2D eigenvalue weighted by Gasteiger charge is -2.20. The van der Waals surface area contributed by atoms with Crippen LogP contribution in [-0.2, 0) is 6.54 Å². The van der Waals surface area contributed by atoms with Crippen molar-refractivity contribution in [3.8, 4) is 0 Å². The zero-order chi connectivity index (χ0) is 12.9. The van der Waals surface area contributed by atoms with E-state index >= 15 is 0 Å². The monoisotopic (exact) mass is 252 g/mol. The van der Waals surface area contributed by atoms with Gasteiger partial charge in [0.1, 0.15) is 0 Å². The molecular weight excluding hydrogens is 228 g/mol. The molecule has 1 aromatic heterocycles. The Kier molecular flexibility index (Phi) is 5.47. The Balaban J connectivity index is 2.50. The van der Waals surface area contributed by atoms with Crippen molar-refractivity contribution >= 4 is 11.8 Å². The van der Waals surface area contributed by atoms with Crippen LogP contribution in [0.25, 0.3) is 0 Å². The summed E-state index contributed by atoms with van der Waals surface area (Å²) in [5.41, 5.74) is 1.40. The molecule has 1 aromatic rings. The van der Waals surface area contributed by atoms with E-state index in [4.69, 9.17) is 0 Å². The molecule has 0 aliphatic rings. The summed E-state index contributed by atoms with van der Waals surface area (Å²) in [7, 11) is 0. The number of hydrogen-bond donors (Lipinski definition) is 1. The second-order valence-corrected chi connectivity index (χ2v) is 6.90. The highest BCUT2D eigenvalue weighted by Gasteiger charge is 2.08. The quantitative estimate of drug-likeness (QED) is 0.806. The van der Waals surface area contributed by atoms with Crippen molar-refractivity contribution in [3.63, 3.8) is 0 Å². The van der Waals surface area contributed by atoms with Gasteiger partial charge >= 0.3 is 0 Å². The summed E-state index contributed by atoms with van der Waals surface area (Å²) < 4.78 is 0. The molecule has 2 nitrogen and oxygen atoms in total. The van der Waals surface area contributed by atoms with Crippen LogP contribution in [-0.4, -0.2) is 15.8 Å². The van der Waals surface area contributed by atoms with Crippen molar-refractivity contribution in [2.24, 2.45) is 0 Å². The molecule has 0 aliphatic carbocycles. The fraction of sp³-hybridized carbons (Fsp3) is 0.643. The summed E-state index contributed by atoms with van der Waals surface area (Å²) in [6, 6.07) is 4.28. The van der Waals surface area contributed by atoms with E-state index < -0.39 is 0 Å². The Morgan fingerprint density at radius 1 is 1.35 bits per heavy atom. The zero-order valence-electron chi connectivity index (χ0n) is 11.6. The fourth-order valence-corrected chi connectivity index (χ4v) is 2.08. The van der Waals surface area contributed by atoms with Gasteiger partial charge in [-0.25, -0.2) is 4.98 Å². The van der Waals surface area contributed by atoms with Crippen LogP contribution < -0.4 is 5.32 Å². The summed E-state index contributed by atoms with van der Waals surface area (Å²) in [5.74, 6) is 0. The summed E-state index contributed by atoms with van der Waals surface area (Å²) in [6.07, 6.45) is 3.16. The average Bonchev–Trinajstić information content (AvgIpc) is 2.27. The number of thioether (sulfide) groups is 1. The largest absolute Gasteiger partial charge is 0.308 e. The number of hydrogen-bond acceptors (Lipinski definition) is 3. The van der Waals surface area contributed by atoms with Crippen molar-refractivity contribution < 1.29 is 0 Å². The highest BCUT2D eigenvalue weighted by atomic mass is 32.2. The number of nitrogens with one attached hydrogen (secondary N) is 1. The van der Waals surface area contributed by atoms with E-state index in [1.165, 1.54) is 12.0 Å². The Hall–Kier alpha value is -0.540. The molecule has 1 heterocycles. The lowest BCUT2D eigenvalue weighted by molar-refractivity contribution is 0.424. The van der Waals surface area contributed by atoms with Gasteiger partial charge in [-0.05, 0) is 38.8 Å². The topological polar surface area (TPSA) is 24.9 Å². The highest BCUT2D eigenvalue weighted by molar-refractivity contribution is 7.99. The van der Waals surface area contributed by atoms with Crippen molar-refractivity contribution in [2.45, 2.75) is 63.4 Å². The normalized spacial score (nSPS) is 13.7. The first-order valence-corrected chi connectivity index (χ1v) is 7.15. The van der Waals surface area contributed by atoms with Crippen LogP contribution in [0, 0.1) is 0 Å². The number of nitrogens with zero attached hydrogens (tertiary/aromatic N) is 1. The molecule has 0 saturated carbocycles. The molecule has 1 atom stereocenters. The van der Waals surface area contributed by atoms with E-state index in [-0.39, 0.29) is 5.54 Å². The molecule has 1 rings (SSSR count). The van der Waals surface area contributed by atoms with Crippen LogP contribution in [0.5, 0.6) is 0 Å².